The van der Waals surface area contributed by atoms with E-state index in [9.17, 15) is 14.0 Å². The number of methoxy groups -OCH3 is 2. The highest BCUT2D eigenvalue weighted by atomic mass is 35.5. The van der Waals surface area contributed by atoms with E-state index in [1.54, 1.807) is 38.2 Å². The van der Waals surface area contributed by atoms with Crippen LogP contribution in [-0.4, -0.2) is 72.6 Å². The minimum Gasteiger partial charge on any atom is -0.497 e. The highest BCUT2D eigenvalue weighted by Crippen LogP contribution is 2.39. The van der Waals surface area contributed by atoms with Crippen LogP contribution in [0.3, 0.4) is 0 Å². The number of imide groups is 1. The fourth-order valence-corrected chi connectivity index (χ4v) is 5.22. The maximum atomic E-state index is 14.7. The zero-order valence-corrected chi connectivity index (χ0v) is 21.1. The van der Waals surface area contributed by atoms with Gasteiger partial charge in [-0.25, -0.2) is 9.18 Å². The molecule has 0 saturated carbocycles. The van der Waals surface area contributed by atoms with E-state index in [0.29, 0.717) is 67.5 Å². The molecule has 2 aromatic rings. The number of aryl methyl sites for hydroxylation is 1. The fourth-order valence-electron chi connectivity index (χ4n) is 5.02. The summed E-state index contributed by atoms with van der Waals surface area (Å²) < 4.78 is 25.2. The number of nitrogens with zero attached hydrogens (tertiary/aromatic N) is 3. The van der Waals surface area contributed by atoms with E-state index in [1.165, 1.54) is 4.90 Å². The molecule has 9 heteroatoms. The van der Waals surface area contributed by atoms with E-state index in [-0.39, 0.29) is 24.3 Å². The van der Waals surface area contributed by atoms with Gasteiger partial charge >= 0.3 is 6.03 Å². The van der Waals surface area contributed by atoms with Gasteiger partial charge in [0.2, 0.25) is 0 Å². The summed E-state index contributed by atoms with van der Waals surface area (Å²) in [6, 6.07) is 10.4. The number of piperidine rings is 1. The van der Waals surface area contributed by atoms with E-state index in [0.717, 1.165) is 5.56 Å². The van der Waals surface area contributed by atoms with Gasteiger partial charge in [-0.05, 0) is 49.1 Å². The molecule has 35 heavy (non-hydrogen) atoms. The molecule has 1 spiro atoms. The Labute approximate surface area is 210 Å². The van der Waals surface area contributed by atoms with Crippen LogP contribution in [0.15, 0.2) is 36.4 Å². The Morgan fingerprint density at radius 3 is 2.51 bits per heavy atom. The summed E-state index contributed by atoms with van der Waals surface area (Å²) in [5, 5.41) is 0.395. The van der Waals surface area contributed by atoms with Crippen LogP contribution in [0, 0.1) is 12.7 Å². The molecule has 2 saturated heterocycles. The van der Waals surface area contributed by atoms with Crippen molar-refractivity contribution >= 4 is 23.5 Å². The van der Waals surface area contributed by atoms with Gasteiger partial charge in [0, 0.05) is 43.9 Å². The number of halogens is 2. The van der Waals surface area contributed by atoms with E-state index in [2.05, 4.69) is 4.90 Å². The molecule has 0 bridgehead atoms. The second-order valence-electron chi connectivity index (χ2n) is 9.13. The molecule has 7 nitrogen and oxygen atoms in total. The molecular weight excluding hydrogens is 473 g/mol. The van der Waals surface area contributed by atoms with Gasteiger partial charge in [-0.1, -0.05) is 29.8 Å². The number of likely N-dealkylation sites (tertiary alicyclic amines) is 1. The lowest BCUT2D eigenvalue weighted by molar-refractivity contribution is -0.136. The smallest absolute Gasteiger partial charge is 0.328 e. The first-order valence-corrected chi connectivity index (χ1v) is 12.1. The average Bonchev–Trinajstić information content (AvgIpc) is 3.05. The number of amides is 3. The van der Waals surface area contributed by atoms with E-state index < -0.39 is 5.54 Å². The van der Waals surface area contributed by atoms with Gasteiger partial charge in [0.25, 0.3) is 5.91 Å². The summed E-state index contributed by atoms with van der Waals surface area (Å²) in [6.07, 6.45) is 0.919. The van der Waals surface area contributed by atoms with E-state index in [1.807, 2.05) is 24.3 Å². The third kappa shape index (κ3) is 4.87. The second-order valence-corrected chi connectivity index (χ2v) is 9.54. The third-order valence-electron chi connectivity index (χ3n) is 7.06. The van der Waals surface area contributed by atoms with Gasteiger partial charge < -0.3 is 14.4 Å². The molecule has 3 amide bonds. The summed E-state index contributed by atoms with van der Waals surface area (Å²) in [5.74, 6) is 0.180. The summed E-state index contributed by atoms with van der Waals surface area (Å²) in [4.78, 5) is 32.2. The molecule has 0 unspecified atom stereocenters. The number of urea groups is 1. The van der Waals surface area contributed by atoms with Crippen molar-refractivity contribution in [2.75, 3.05) is 40.5 Å². The van der Waals surface area contributed by atoms with E-state index in [4.69, 9.17) is 21.1 Å². The topological polar surface area (TPSA) is 62.3 Å². The number of carbonyl (C=O) groups is 2. The van der Waals surface area contributed by atoms with Crippen molar-refractivity contribution in [2.24, 2.45) is 0 Å². The molecule has 2 fully saturated rings. The Morgan fingerprint density at radius 1 is 1.09 bits per heavy atom. The SMILES string of the molecule is COCCN1C(=O)N(Cc2cccc(OC)c2)C(=O)C12CCN(Cc1c(Cl)ccc(C)c1F)CC2. The standard InChI is InChI=1S/C26H31ClFN3O4/c1-18-7-8-22(27)21(23(18)28)17-29-11-9-26(10-12-29)24(32)30(25(33)31(26)13-14-34-2)16-19-5-4-6-20(15-19)35-3/h4-8,15H,9-14,16-17H2,1-3H3. The van der Waals surface area contributed by atoms with Crippen LogP contribution in [0.5, 0.6) is 5.75 Å². The number of carbonyl (C=O) groups excluding carboxylic acids is 2. The van der Waals surface area contributed by atoms with Crippen LogP contribution in [0.1, 0.15) is 29.5 Å². The zero-order chi connectivity index (χ0) is 25.2. The van der Waals surface area contributed by atoms with Crippen LogP contribution < -0.4 is 4.74 Å². The van der Waals surface area contributed by atoms with Crippen LogP contribution in [0.2, 0.25) is 5.02 Å². The Balaban J connectivity index is 1.53. The highest BCUT2D eigenvalue weighted by Gasteiger charge is 2.57. The number of benzene rings is 2. The number of rotatable bonds is 8. The predicted molar refractivity (Wildman–Crippen MR) is 131 cm³/mol. The molecule has 2 aliphatic heterocycles. The van der Waals surface area contributed by atoms with Crippen LogP contribution in [-0.2, 0) is 22.6 Å². The van der Waals surface area contributed by atoms with Gasteiger partial charge in [0.1, 0.15) is 17.1 Å². The number of ether oxygens (including phenoxy) is 2. The minimum atomic E-state index is -0.931. The van der Waals surface area contributed by atoms with Gasteiger partial charge in [-0.15, -0.1) is 0 Å². The first-order chi connectivity index (χ1) is 16.8. The Hall–Kier alpha value is -2.68. The minimum absolute atomic E-state index is 0.175. The molecular formula is C26H31ClFN3O4. The Kier molecular flexibility index (Phi) is 7.64. The molecule has 4 rings (SSSR count). The molecule has 0 aromatic heterocycles. The lowest BCUT2D eigenvalue weighted by atomic mass is 9.85. The van der Waals surface area contributed by atoms with Gasteiger partial charge in [0.05, 0.1) is 20.3 Å². The van der Waals surface area contributed by atoms with E-state index >= 15 is 0 Å². The molecule has 2 aromatic carbocycles. The zero-order valence-electron chi connectivity index (χ0n) is 20.4. The molecule has 0 radical (unpaired) electrons. The molecule has 2 aliphatic rings. The predicted octanol–water partition coefficient (Wildman–Crippen LogP) is 4.24. The van der Waals surface area contributed by atoms with Crippen molar-refractivity contribution in [1.82, 2.24) is 14.7 Å². The van der Waals surface area contributed by atoms with Crippen molar-refractivity contribution < 1.29 is 23.5 Å². The van der Waals surface area contributed by atoms with Crippen molar-refractivity contribution in [1.29, 1.82) is 0 Å². The quantitative estimate of drug-likeness (QED) is 0.504. The summed E-state index contributed by atoms with van der Waals surface area (Å²) in [7, 11) is 3.15. The summed E-state index contributed by atoms with van der Waals surface area (Å²) in [6.45, 7) is 3.99. The normalized spacial score (nSPS) is 18.1. The lowest BCUT2D eigenvalue weighted by Gasteiger charge is -2.42. The molecule has 0 N–H and O–H groups in total. The summed E-state index contributed by atoms with van der Waals surface area (Å²) >= 11 is 6.28. The van der Waals surface area contributed by atoms with Gasteiger partial charge in [-0.2, -0.15) is 0 Å². The van der Waals surface area contributed by atoms with Gasteiger partial charge in [-0.3, -0.25) is 14.6 Å². The number of hydrogen-bond acceptors (Lipinski definition) is 5. The van der Waals surface area contributed by atoms with Gasteiger partial charge in [0.15, 0.2) is 0 Å². The molecule has 2 heterocycles. The maximum Gasteiger partial charge on any atom is 0.328 e. The molecule has 188 valence electrons. The molecule has 0 aliphatic carbocycles. The number of hydrogen-bond donors (Lipinski definition) is 0. The largest absolute Gasteiger partial charge is 0.497 e. The Morgan fingerprint density at radius 2 is 1.83 bits per heavy atom. The average molecular weight is 504 g/mol. The third-order valence-corrected chi connectivity index (χ3v) is 7.41. The fraction of sp³-hybridized carbons (Fsp3) is 0.462. The molecule has 0 atom stereocenters. The first-order valence-electron chi connectivity index (χ1n) is 11.7. The van der Waals surface area contributed by atoms with Crippen LogP contribution in [0.25, 0.3) is 0 Å². The second kappa shape index (κ2) is 10.5. The van der Waals surface area contributed by atoms with Crippen molar-refractivity contribution in [2.45, 2.75) is 38.4 Å². The van der Waals surface area contributed by atoms with Crippen molar-refractivity contribution in [3.8, 4) is 5.75 Å². The Bertz CT molecular complexity index is 1100. The maximum absolute atomic E-state index is 14.7. The first kappa shape index (κ1) is 25.4. The van der Waals surface area contributed by atoms with Crippen LogP contribution >= 0.6 is 11.6 Å². The van der Waals surface area contributed by atoms with Crippen molar-refractivity contribution in [3.05, 3.63) is 63.9 Å². The monoisotopic (exact) mass is 503 g/mol. The highest BCUT2D eigenvalue weighted by molar-refractivity contribution is 6.31. The lowest BCUT2D eigenvalue weighted by Crippen LogP contribution is -2.57. The van der Waals surface area contributed by atoms with Crippen molar-refractivity contribution in [3.63, 3.8) is 0 Å². The summed E-state index contributed by atoms with van der Waals surface area (Å²) in [5.41, 5.74) is 0.900. The van der Waals surface area contributed by atoms with Crippen LogP contribution in [0.4, 0.5) is 9.18 Å².